The van der Waals surface area contributed by atoms with E-state index in [2.05, 4.69) is 34.7 Å². The predicted octanol–water partition coefficient (Wildman–Crippen LogP) is 4.57. The van der Waals surface area contributed by atoms with Crippen LogP contribution in [0.5, 0.6) is 5.75 Å². The topological polar surface area (TPSA) is 63.2 Å². The molecule has 3 aromatic rings. The van der Waals surface area contributed by atoms with Crippen molar-refractivity contribution in [2.75, 3.05) is 17.7 Å². The van der Waals surface area contributed by atoms with Crippen LogP contribution in [0.15, 0.2) is 60.8 Å². The molecule has 0 aliphatic rings. The van der Waals surface area contributed by atoms with Crippen LogP contribution in [0.25, 0.3) is 0 Å². The third kappa shape index (κ3) is 4.64. The first-order valence-corrected chi connectivity index (χ1v) is 8.77. The fourth-order valence-corrected chi connectivity index (χ4v) is 2.78. The van der Waals surface area contributed by atoms with Gasteiger partial charge in [-0.05, 0) is 54.8 Å². The number of ether oxygens (including phenoxy) is 1. The molecule has 0 unspecified atom stereocenters. The van der Waals surface area contributed by atoms with E-state index in [0.717, 1.165) is 11.3 Å². The highest BCUT2D eigenvalue weighted by Crippen LogP contribution is 2.25. The van der Waals surface area contributed by atoms with Gasteiger partial charge in [0.1, 0.15) is 11.4 Å². The molecule has 0 aliphatic heterocycles. The summed E-state index contributed by atoms with van der Waals surface area (Å²) in [7, 11) is 1.58. The zero-order valence-corrected chi connectivity index (χ0v) is 15.7. The smallest absolute Gasteiger partial charge is 0.274 e. The Morgan fingerprint density at radius 3 is 2.67 bits per heavy atom. The Morgan fingerprint density at radius 1 is 1.07 bits per heavy atom. The van der Waals surface area contributed by atoms with Crippen molar-refractivity contribution in [1.29, 1.82) is 0 Å². The maximum Gasteiger partial charge on any atom is 0.274 e. The summed E-state index contributed by atoms with van der Waals surface area (Å²) >= 11 is 0. The van der Waals surface area contributed by atoms with E-state index in [1.54, 1.807) is 19.4 Å². The number of benzene rings is 2. The van der Waals surface area contributed by atoms with Gasteiger partial charge in [0.05, 0.1) is 12.8 Å². The first kappa shape index (κ1) is 18.5. The second-order valence-corrected chi connectivity index (χ2v) is 6.37. The Balaban J connectivity index is 1.72. The van der Waals surface area contributed by atoms with Crippen LogP contribution in [0.4, 0.5) is 11.4 Å². The first-order valence-electron chi connectivity index (χ1n) is 8.77. The van der Waals surface area contributed by atoms with Crippen LogP contribution in [0.2, 0.25) is 0 Å². The number of rotatable bonds is 6. The van der Waals surface area contributed by atoms with Crippen molar-refractivity contribution in [2.24, 2.45) is 0 Å². The van der Waals surface area contributed by atoms with Crippen molar-refractivity contribution < 1.29 is 9.53 Å². The summed E-state index contributed by atoms with van der Waals surface area (Å²) in [5, 5.41) is 6.22. The summed E-state index contributed by atoms with van der Waals surface area (Å²) in [6.07, 6.45) is 1.63. The fraction of sp³-hybridized carbons (Fsp3) is 0.182. The monoisotopic (exact) mass is 361 g/mol. The van der Waals surface area contributed by atoms with Crippen molar-refractivity contribution in [3.8, 4) is 5.75 Å². The van der Waals surface area contributed by atoms with Gasteiger partial charge in [-0.15, -0.1) is 0 Å². The van der Waals surface area contributed by atoms with E-state index in [0.29, 0.717) is 23.7 Å². The molecule has 0 aliphatic carbocycles. The van der Waals surface area contributed by atoms with Crippen LogP contribution in [-0.4, -0.2) is 18.0 Å². The number of pyridine rings is 1. The maximum absolute atomic E-state index is 12.6. The average molecular weight is 361 g/mol. The summed E-state index contributed by atoms with van der Waals surface area (Å²) in [5.41, 5.74) is 5.28. The molecule has 1 aromatic heterocycles. The number of hydrogen-bond acceptors (Lipinski definition) is 4. The van der Waals surface area contributed by atoms with Gasteiger partial charge in [-0.1, -0.05) is 30.3 Å². The van der Waals surface area contributed by atoms with Gasteiger partial charge in [0.2, 0.25) is 0 Å². The van der Waals surface area contributed by atoms with Gasteiger partial charge in [0.15, 0.2) is 0 Å². The Morgan fingerprint density at radius 2 is 1.89 bits per heavy atom. The summed E-state index contributed by atoms with van der Waals surface area (Å²) in [5.74, 6) is 0.334. The second-order valence-electron chi connectivity index (χ2n) is 6.37. The molecular formula is C22H23N3O2. The molecule has 27 heavy (non-hydrogen) atoms. The minimum absolute atomic E-state index is 0.279. The van der Waals surface area contributed by atoms with Gasteiger partial charge in [-0.25, -0.2) is 0 Å². The zero-order valence-electron chi connectivity index (χ0n) is 15.7. The SMILES string of the molecule is COc1ccc(C)cc1NC(=O)c1cc(NCc2ccccc2C)ccn1. The van der Waals surface area contributed by atoms with Crippen LogP contribution in [0, 0.1) is 13.8 Å². The summed E-state index contributed by atoms with van der Waals surface area (Å²) in [4.78, 5) is 16.8. The third-order valence-corrected chi connectivity index (χ3v) is 4.34. The second kappa shape index (κ2) is 8.36. The molecule has 0 radical (unpaired) electrons. The van der Waals surface area contributed by atoms with Gasteiger partial charge in [0, 0.05) is 18.4 Å². The Labute approximate surface area is 159 Å². The minimum Gasteiger partial charge on any atom is -0.495 e. The van der Waals surface area contributed by atoms with E-state index in [1.807, 2.05) is 43.3 Å². The quantitative estimate of drug-likeness (QED) is 0.675. The van der Waals surface area contributed by atoms with Crippen LogP contribution < -0.4 is 15.4 Å². The highest BCUT2D eigenvalue weighted by atomic mass is 16.5. The number of amides is 1. The molecule has 3 rings (SSSR count). The number of carbonyl (C=O) groups excluding carboxylic acids is 1. The Hall–Kier alpha value is -3.34. The molecule has 0 spiro atoms. The van der Waals surface area contributed by atoms with Crippen molar-refractivity contribution in [3.05, 3.63) is 83.2 Å². The van der Waals surface area contributed by atoms with Gasteiger partial charge in [0.25, 0.3) is 5.91 Å². The third-order valence-electron chi connectivity index (χ3n) is 4.34. The van der Waals surface area contributed by atoms with E-state index in [4.69, 9.17) is 4.74 Å². The molecule has 0 saturated carbocycles. The summed E-state index contributed by atoms with van der Waals surface area (Å²) < 4.78 is 5.31. The molecule has 2 N–H and O–H groups in total. The van der Waals surface area contributed by atoms with Gasteiger partial charge in [-0.3, -0.25) is 9.78 Å². The van der Waals surface area contributed by atoms with Crippen LogP contribution >= 0.6 is 0 Å². The van der Waals surface area contributed by atoms with Crippen LogP contribution in [-0.2, 0) is 6.54 Å². The molecule has 5 nitrogen and oxygen atoms in total. The molecule has 0 atom stereocenters. The number of aromatic nitrogens is 1. The highest BCUT2D eigenvalue weighted by Gasteiger charge is 2.12. The molecular weight excluding hydrogens is 338 g/mol. The number of nitrogens with one attached hydrogen (secondary N) is 2. The lowest BCUT2D eigenvalue weighted by molar-refractivity contribution is 0.102. The van der Waals surface area contributed by atoms with Crippen molar-refractivity contribution >= 4 is 17.3 Å². The van der Waals surface area contributed by atoms with E-state index >= 15 is 0 Å². The van der Waals surface area contributed by atoms with Gasteiger partial charge in [-0.2, -0.15) is 0 Å². The highest BCUT2D eigenvalue weighted by molar-refractivity contribution is 6.04. The number of carbonyl (C=O) groups is 1. The fourth-order valence-electron chi connectivity index (χ4n) is 2.78. The van der Waals surface area contributed by atoms with E-state index in [1.165, 1.54) is 11.1 Å². The van der Waals surface area contributed by atoms with Crippen LogP contribution in [0.3, 0.4) is 0 Å². The Bertz CT molecular complexity index is 954. The van der Waals surface area contributed by atoms with Crippen LogP contribution in [0.1, 0.15) is 27.2 Å². The van der Waals surface area contributed by atoms with Gasteiger partial charge >= 0.3 is 0 Å². The van der Waals surface area contributed by atoms with Crippen molar-refractivity contribution in [2.45, 2.75) is 20.4 Å². The summed E-state index contributed by atoms with van der Waals surface area (Å²) in [6, 6.07) is 17.4. The number of methoxy groups -OCH3 is 1. The molecule has 0 saturated heterocycles. The van der Waals surface area contributed by atoms with E-state index in [9.17, 15) is 4.79 Å². The largest absolute Gasteiger partial charge is 0.495 e. The Kier molecular flexibility index (Phi) is 5.71. The summed E-state index contributed by atoms with van der Waals surface area (Å²) in [6.45, 7) is 4.73. The number of anilines is 2. The predicted molar refractivity (Wildman–Crippen MR) is 108 cm³/mol. The lowest BCUT2D eigenvalue weighted by Crippen LogP contribution is -2.15. The number of aryl methyl sites for hydroxylation is 2. The first-order chi connectivity index (χ1) is 13.1. The lowest BCUT2D eigenvalue weighted by atomic mass is 10.1. The molecule has 5 heteroatoms. The van der Waals surface area contributed by atoms with Crippen molar-refractivity contribution in [1.82, 2.24) is 4.98 Å². The van der Waals surface area contributed by atoms with Gasteiger partial charge < -0.3 is 15.4 Å². The molecule has 1 amide bonds. The lowest BCUT2D eigenvalue weighted by Gasteiger charge is -2.12. The van der Waals surface area contributed by atoms with Crippen molar-refractivity contribution in [3.63, 3.8) is 0 Å². The molecule has 0 bridgehead atoms. The zero-order chi connectivity index (χ0) is 19.2. The molecule has 138 valence electrons. The average Bonchev–Trinajstić information content (AvgIpc) is 2.68. The normalized spacial score (nSPS) is 10.3. The number of hydrogen-bond donors (Lipinski definition) is 2. The molecule has 1 heterocycles. The standard InChI is InChI=1S/C22H23N3O2/c1-15-8-9-21(27-3)19(12-15)25-22(26)20-13-18(10-11-23-20)24-14-17-7-5-4-6-16(17)2/h4-13H,14H2,1-3H3,(H,23,24)(H,25,26). The number of nitrogens with zero attached hydrogens (tertiary/aromatic N) is 1. The van der Waals surface area contributed by atoms with E-state index < -0.39 is 0 Å². The molecule has 0 fully saturated rings. The molecule has 2 aromatic carbocycles. The van der Waals surface area contributed by atoms with E-state index in [-0.39, 0.29) is 5.91 Å². The maximum atomic E-state index is 12.6. The minimum atomic E-state index is -0.279.